The largest absolute Gasteiger partial charge is 0.467 e. The molecule has 0 atom stereocenters. The second-order valence-corrected chi connectivity index (χ2v) is 8.52. The van der Waals surface area contributed by atoms with Gasteiger partial charge in [-0.15, -0.1) is 0 Å². The predicted molar refractivity (Wildman–Crippen MR) is 111 cm³/mol. The van der Waals surface area contributed by atoms with Gasteiger partial charge in [-0.3, -0.25) is 15.0 Å². The van der Waals surface area contributed by atoms with Crippen molar-refractivity contribution in [3.63, 3.8) is 0 Å². The maximum atomic E-state index is 13.2. The van der Waals surface area contributed by atoms with Crippen LogP contribution in [0.4, 0.5) is 0 Å². The van der Waals surface area contributed by atoms with E-state index in [-0.39, 0.29) is 29.9 Å². The molecule has 3 rings (SSSR count). The second-order valence-electron chi connectivity index (χ2n) is 8.14. The number of nitrogens with one attached hydrogen (secondary N) is 1. The monoisotopic (exact) mass is 416 g/mol. The highest BCUT2D eigenvalue weighted by Gasteiger charge is 2.31. The number of amides is 2. The van der Waals surface area contributed by atoms with Crippen molar-refractivity contribution in [3.8, 4) is 5.75 Å². The number of carbonyl (C=O) groups is 2. The standard InChI is InChI=1S/C22H25ClN2O4/c1-13-8-14(2)10-15(9-13)21(27)25(22(3,4)5)24-20(26)16-6-7-18-17(19(16)23)11-28-12-29-18/h6-10H,11-12H2,1-5H3,(H,24,26). The molecule has 0 spiro atoms. The molecule has 0 saturated carbocycles. The van der Waals surface area contributed by atoms with Crippen molar-refractivity contribution in [1.82, 2.24) is 10.4 Å². The summed E-state index contributed by atoms with van der Waals surface area (Å²) in [5.41, 5.74) is 5.42. The number of ether oxygens (including phenoxy) is 2. The third kappa shape index (κ3) is 4.54. The number of aryl methyl sites for hydroxylation is 2. The molecule has 2 aromatic rings. The lowest BCUT2D eigenvalue weighted by Gasteiger charge is -2.35. The Morgan fingerprint density at radius 1 is 1.10 bits per heavy atom. The number of rotatable bonds is 2. The number of hydrogen-bond acceptors (Lipinski definition) is 4. The van der Waals surface area contributed by atoms with Crippen molar-refractivity contribution < 1.29 is 19.1 Å². The van der Waals surface area contributed by atoms with Gasteiger partial charge in [0.05, 0.1) is 22.7 Å². The van der Waals surface area contributed by atoms with Gasteiger partial charge < -0.3 is 9.47 Å². The molecule has 0 saturated heterocycles. The van der Waals surface area contributed by atoms with E-state index >= 15 is 0 Å². The molecule has 1 heterocycles. The maximum absolute atomic E-state index is 13.2. The fraction of sp³-hybridized carbons (Fsp3) is 0.364. The van der Waals surface area contributed by atoms with Gasteiger partial charge in [-0.1, -0.05) is 28.8 Å². The lowest BCUT2D eigenvalue weighted by atomic mass is 10.0. The molecule has 6 nitrogen and oxygen atoms in total. The molecular formula is C22H25ClN2O4. The number of fused-ring (bicyclic) bond motifs is 1. The number of nitrogens with zero attached hydrogens (tertiary/aromatic N) is 1. The van der Waals surface area contributed by atoms with Gasteiger partial charge in [0.15, 0.2) is 6.79 Å². The molecule has 1 aliphatic heterocycles. The normalized spacial score (nSPS) is 13.3. The first kappa shape index (κ1) is 21.1. The van der Waals surface area contributed by atoms with Crippen LogP contribution in [0.25, 0.3) is 0 Å². The summed E-state index contributed by atoms with van der Waals surface area (Å²) in [6.45, 7) is 9.83. The highest BCUT2D eigenvalue weighted by Crippen LogP contribution is 2.33. The van der Waals surface area contributed by atoms with E-state index in [9.17, 15) is 9.59 Å². The molecule has 154 valence electrons. The van der Waals surface area contributed by atoms with Gasteiger partial charge in [0.25, 0.3) is 11.8 Å². The van der Waals surface area contributed by atoms with Crippen LogP contribution >= 0.6 is 11.6 Å². The zero-order valence-corrected chi connectivity index (χ0v) is 18.0. The Balaban J connectivity index is 1.91. The number of hydrazine groups is 1. The highest BCUT2D eigenvalue weighted by atomic mass is 35.5. The molecule has 0 unspecified atom stereocenters. The van der Waals surface area contributed by atoms with Crippen LogP contribution in [0, 0.1) is 13.8 Å². The molecule has 1 aliphatic rings. The summed E-state index contributed by atoms with van der Waals surface area (Å²) in [6.07, 6.45) is 0. The maximum Gasteiger partial charge on any atom is 0.272 e. The second kappa shape index (κ2) is 8.05. The van der Waals surface area contributed by atoms with E-state index in [1.807, 2.05) is 40.7 Å². The van der Waals surface area contributed by atoms with Crippen LogP contribution in [0.2, 0.25) is 5.02 Å². The molecule has 1 N–H and O–H groups in total. The molecule has 0 fully saturated rings. The Morgan fingerprint density at radius 2 is 1.76 bits per heavy atom. The van der Waals surface area contributed by atoms with Crippen LogP contribution in [-0.2, 0) is 11.3 Å². The first-order valence-electron chi connectivity index (χ1n) is 9.33. The predicted octanol–water partition coefficient (Wildman–Crippen LogP) is 4.41. The van der Waals surface area contributed by atoms with Crippen LogP contribution in [0.3, 0.4) is 0 Å². The molecule has 0 radical (unpaired) electrons. The summed E-state index contributed by atoms with van der Waals surface area (Å²) in [6, 6.07) is 8.88. The summed E-state index contributed by atoms with van der Waals surface area (Å²) >= 11 is 6.43. The number of halogens is 1. The summed E-state index contributed by atoms with van der Waals surface area (Å²) in [5, 5.41) is 1.60. The van der Waals surface area contributed by atoms with Crippen LogP contribution in [0.5, 0.6) is 5.75 Å². The van der Waals surface area contributed by atoms with Gasteiger partial charge in [-0.25, -0.2) is 5.01 Å². The average molecular weight is 417 g/mol. The third-order valence-corrected chi connectivity index (χ3v) is 4.98. The summed E-state index contributed by atoms with van der Waals surface area (Å²) < 4.78 is 10.7. The van der Waals surface area contributed by atoms with Gasteiger partial charge in [0.2, 0.25) is 0 Å². The third-order valence-electron chi connectivity index (χ3n) is 4.54. The molecule has 0 aromatic heterocycles. The first-order chi connectivity index (χ1) is 13.6. The summed E-state index contributed by atoms with van der Waals surface area (Å²) in [5.74, 6) is -0.175. The van der Waals surface area contributed by atoms with E-state index in [2.05, 4.69) is 5.43 Å². The smallest absolute Gasteiger partial charge is 0.272 e. The van der Waals surface area contributed by atoms with Crippen LogP contribution in [-0.4, -0.2) is 29.2 Å². The number of carbonyl (C=O) groups excluding carboxylic acids is 2. The fourth-order valence-electron chi connectivity index (χ4n) is 3.21. The zero-order valence-electron chi connectivity index (χ0n) is 17.3. The van der Waals surface area contributed by atoms with Crippen molar-refractivity contribution in [3.05, 3.63) is 63.2 Å². The Hall–Kier alpha value is -2.57. The van der Waals surface area contributed by atoms with Crippen LogP contribution < -0.4 is 10.2 Å². The minimum absolute atomic E-state index is 0.150. The Kier molecular flexibility index (Phi) is 5.87. The lowest BCUT2D eigenvalue weighted by molar-refractivity contribution is -0.0163. The van der Waals surface area contributed by atoms with E-state index in [1.165, 1.54) is 5.01 Å². The fourth-order valence-corrected chi connectivity index (χ4v) is 3.51. The van der Waals surface area contributed by atoms with Gasteiger partial charge >= 0.3 is 0 Å². The number of benzene rings is 2. The SMILES string of the molecule is Cc1cc(C)cc(C(=O)N(NC(=O)c2ccc3c(c2Cl)COCO3)C(C)(C)C)c1. The quantitative estimate of drug-likeness (QED) is 0.736. The van der Waals surface area contributed by atoms with Crippen molar-refractivity contribution in [2.45, 2.75) is 46.8 Å². The van der Waals surface area contributed by atoms with E-state index < -0.39 is 11.4 Å². The van der Waals surface area contributed by atoms with E-state index in [4.69, 9.17) is 21.1 Å². The number of hydrogen-bond donors (Lipinski definition) is 1. The van der Waals surface area contributed by atoms with Gasteiger partial charge in [-0.2, -0.15) is 0 Å². The highest BCUT2D eigenvalue weighted by molar-refractivity contribution is 6.34. The van der Waals surface area contributed by atoms with Crippen molar-refractivity contribution in [1.29, 1.82) is 0 Å². The summed E-state index contributed by atoms with van der Waals surface area (Å²) in [4.78, 5) is 26.2. The van der Waals surface area contributed by atoms with Crippen molar-refractivity contribution >= 4 is 23.4 Å². The molecule has 29 heavy (non-hydrogen) atoms. The summed E-state index contributed by atoms with van der Waals surface area (Å²) in [7, 11) is 0. The average Bonchev–Trinajstić information content (AvgIpc) is 2.64. The van der Waals surface area contributed by atoms with Crippen LogP contribution in [0.1, 0.15) is 58.2 Å². The van der Waals surface area contributed by atoms with Gasteiger partial charge in [-0.05, 0) is 58.9 Å². The first-order valence-corrected chi connectivity index (χ1v) is 9.71. The molecule has 7 heteroatoms. The minimum atomic E-state index is -0.655. The molecular weight excluding hydrogens is 392 g/mol. The minimum Gasteiger partial charge on any atom is -0.467 e. The van der Waals surface area contributed by atoms with Crippen molar-refractivity contribution in [2.24, 2.45) is 0 Å². The molecule has 2 aromatic carbocycles. The molecule has 0 aliphatic carbocycles. The van der Waals surface area contributed by atoms with E-state index in [0.29, 0.717) is 16.9 Å². The molecule has 2 amide bonds. The topological polar surface area (TPSA) is 67.9 Å². The van der Waals surface area contributed by atoms with E-state index in [1.54, 1.807) is 24.3 Å². The van der Waals surface area contributed by atoms with Crippen molar-refractivity contribution in [2.75, 3.05) is 6.79 Å². The van der Waals surface area contributed by atoms with E-state index in [0.717, 1.165) is 11.1 Å². The van der Waals surface area contributed by atoms with Gasteiger partial charge in [0, 0.05) is 11.1 Å². The van der Waals surface area contributed by atoms with Gasteiger partial charge in [0.1, 0.15) is 5.75 Å². The lowest BCUT2D eigenvalue weighted by Crippen LogP contribution is -2.56. The zero-order chi connectivity index (χ0) is 21.3. The Bertz CT molecular complexity index is 946. The van der Waals surface area contributed by atoms with Crippen LogP contribution in [0.15, 0.2) is 30.3 Å². The molecule has 0 bridgehead atoms. The Morgan fingerprint density at radius 3 is 2.38 bits per heavy atom. The Labute approximate surface area is 175 Å².